The van der Waals surface area contributed by atoms with Gasteiger partial charge in [0, 0.05) is 11.6 Å². The van der Waals surface area contributed by atoms with Gasteiger partial charge in [0.15, 0.2) is 5.69 Å². The molecule has 0 bridgehead atoms. The zero-order chi connectivity index (χ0) is 11.1. The van der Waals surface area contributed by atoms with Gasteiger partial charge in [-0.05, 0) is 6.07 Å². The Bertz CT molecular complexity index is 476. The summed E-state index contributed by atoms with van der Waals surface area (Å²) in [6.45, 7) is 0. The second-order valence-corrected chi connectivity index (χ2v) is 3.82. The molecule has 15 heavy (non-hydrogen) atoms. The van der Waals surface area contributed by atoms with Gasteiger partial charge in [-0.15, -0.1) is 11.3 Å². The fourth-order valence-corrected chi connectivity index (χ4v) is 1.81. The van der Waals surface area contributed by atoms with Crippen LogP contribution in [0, 0.1) is 0 Å². The van der Waals surface area contributed by atoms with E-state index in [1.807, 2.05) is 0 Å². The van der Waals surface area contributed by atoms with Crippen LogP contribution in [0.3, 0.4) is 0 Å². The van der Waals surface area contributed by atoms with E-state index >= 15 is 0 Å². The molecule has 0 fully saturated rings. The van der Waals surface area contributed by atoms with Crippen LogP contribution in [0.4, 0.5) is 13.2 Å². The summed E-state index contributed by atoms with van der Waals surface area (Å²) in [4.78, 5) is 3.79. The van der Waals surface area contributed by atoms with E-state index in [0.717, 1.165) is 22.1 Å². The van der Waals surface area contributed by atoms with Crippen LogP contribution in [0.25, 0.3) is 5.13 Å². The maximum Gasteiger partial charge on any atom is 0.435 e. The molecule has 0 unspecified atom stereocenters. The first-order chi connectivity index (χ1) is 6.97. The Labute approximate surface area is 91.1 Å². The van der Waals surface area contributed by atoms with E-state index in [4.69, 9.17) is 11.6 Å². The lowest BCUT2D eigenvalue weighted by Gasteiger charge is -2.00. The van der Waals surface area contributed by atoms with Gasteiger partial charge in [0.2, 0.25) is 5.13 Å². The standard InChI is InChI=1S/C7H3ClF3N3S/c8-5-3-15-6(12-5)14-2-1-4(13-14)7(9,10)11/h1-3H. The van der Waals surface area contributed by atoms with Gasteiger partial charge in [-0.2, -0.15) is 18.3 Å². The van der Waals surface area contributed by atoms with Gasteiger partial charge in [-0.1, -0.05) is 11.6 Å². The van der Waals surface area contributed by atoms with Crippen LogP contribution >= 0.6 is 22.9 Å². The number of halogens is 4. The Morgan fingerprint density at radius 1 is 1.40 bits per heavy atom. The van der Waals surface area contributed by atoms with Crippen molar-refractivity contribution in [3.63, 3.8) is 0 Å². The molecule has 0 spiro atoms. The van der Waals surface area contributed by atoms with E-state index in [1.54, 1.807) is 0 Å². The van der Waals surface area contributed by atoms with Crippen molar-refractivity contribution in [3.05, 3.63) is 28.5 Å². The number of aromatic nitrogens is 3. The lowest BCUT2D eigenvalue weighted by Crippen LogP contribution is -2.07. The van der Waals surface area contributed by atoms with E-state index in [0.29, 0.717) is 5.13 Å². The zero-order valence-electron chi connectivity index (χ0n) is 6.99. The first-order valence-electron chi connectivity index (χ1n) is 3.71. The van der Waals surface area contributed by atoms with Crippen LogP contribution in [-0.2, 0) is 6.18 Å². The maximum absolute atomic E-state index is 12.2. The fraction of sp³-hybridized carbons (Fsp3) is 0.143. The molecule has 0 atom stereocenters. The molecule has 2 heterocycles. The van der Waals surface area contributed by atoms with E-state index in [2.05, 4.69) is 10.1 Å². The summed E-state index contributed by atoms with van der Waals surface area (Å²) in [5.74, 6) is 0. The molecule has 2 aromatic rings. The van der Waals surface area contributed by atoms with E-state index in [1.165, 1.54) is 11.6 Å². The van der Waals surface area contributed by atoms with Crippen molar-refractivity contribution >= 4 is 22.9 Å². The second kappa shape index (κ2) is 3.49. The highest BCUT2D eigenvalue weighted by Gasteiger charge is 2.33. The van der Waals surface area contributed by atoms with Crippen LogP contribution in [0.15, 0.2) is 17.6 Å². The first-order valence-corrected chi connectivity index (χ1v) is 4.97. The third-order valence-corrected chi connectivity index (χ3v) is 2.69. The van der Waals surface area contributed by atoms with Gasteiger partial charge in [0.25, 0.3) is 0 Å². The Balaban J connectivity index is 2.36. The largest absolute Gasteiger partial charge is 0.435 e. The predicted molar refractivity (Wildman–Crippen MR) is 49.2 cm³/mol. The lowest BCUT2D eigenvalue weighted by molar-refractivity contribution is -0.141. The zero-order valence-corrected chi connectivity index (χ0v) is 8.57. The van der Waals surface area contributed by atoms with Crippen molar-refractivity contribution in [2.75, 3.05) is 0 Å². The average Bonchev–Trinajstić information content (AvgIpc) is 2.69. The molecular weight excluding hydrogens is 251 g/mol. The lowest BCUT2D eigenvalue weighted by atomic mass is 10.4. The first kappa shape index (κ1) is 10.4. The molecule has 0 amide bonds. The molecule has 2 rings (SSSR count). The summed E-state index contributed by atoms with van der Waals surface area (Å²) in [6, 6.07) is 0.884. The molecule has 0 N–H and O–H groups in total. The van der Waals surface area contributed by atoms with E-state index < -0.39 is 11.9 Å². The predicted octanol–water partition coefficient (Wildman–Crippen LogP) is 3.00. The number of hydrogen-bond donors (Lipinski definition) is 0. The Kier molecular flexibility index (Phi) is 2.43. The molecule has 0 saturated heterocycles. The van der Waals surface area contributed by atoms with E-state index in [-0.39, 0.29) is 5.15 Å². The molecule has 0 radical (unpaired) electrons. The van der Waals surface area contributed by atoms with Crippen LogP contribution in [0.5, 0.6) is 0 Å². The smallest absolute Gasteiger partial charge is 0.213 e. The Morgan fingerprint density at radius 2 is 2.13 bits per heavy atom. The molecule has 0 aliphatic heterocycles. The molecule has 3 nitrogen and oxygen atoms in total. The van der Waals surface area contributed by atoms with Crippen molar-refractivity contribution in [3.8, 4) is 5.13 Å². The summed E-state index contributed by atoms with van der Waals surface area (Å²) in [5, 5.41) is 5.40. The van der Waals surface area contributed by atoms with Gasteiger partial charge in [0.1, 0.15) is 5.15 Å². The minimum absolute atomic E-state index is 0.235. The topological polar surface area (TPSA) is 30.7 Å². The highest BCUT2D eigenvalue weighted by Crippen LogP contribution is 2.28. The van der Waals surface area contributed by atoms with Gasteiger partial charge < -0.3 is 0 Å². The van der Waals surface area contributed by atoms with E-state index in [9.17, 15) is 13.2 Å². The van der Waals surface area contributed by atoms with Crippen LogP contribution in [0.1, 0.15) is 5.69 Å². The molecule has 0 aliphatic carbocycles. The number of thiazole rings is 1. The number of rotatable bonds is 1. The fourth-order valence-electron chi connectivity index (χ4n) is 0.932. The molecular formula is C7H3ClF3N3S. The summed E-state index contributed by atoms with van der Waals surface area (Å²) in [7, 11) is 0. The highest BCUT2D eigenvalue weighted by atomic mass is 35.5. The number of nitrogens with zero attached hydrogens (tertiary/aromatic N) is 3. The summed E-state index contributed by atoms with van der Waals surface area (Å²) < 4.78 is 37.7. The van der Waals surface area contributed by atoms with Crippen molar-refractivity contribution in [1.82, 2.24) is 14.8 Å². The van der Waals surface area contributed by atoms with Crippen LogP contribution in [0.2, 0.25) is 5.15 Å². The third kappa shape index (κ3) is 2.13. The van der Waals surface area contributed by atoms with Crippen molar-refractivity contribution in [2.24, 2.45) is 0 Å². The van der Waals surface area contributed by atoms with Gasteiger partial charge in [-0.3, -0.25) is 0 Å². The van der Waals surface area contributed by atoms with Crippen molar-refractivity contribution in [2.45, 2.75) is 6.18 Å². The Morgan fingerprint density at radius 3 is 2.60 bits per heavy atom. The average molecular weight is 254 g/mol. The summed E-state index contributed by atoms with van der Waals surface area (Å²) in [6.07, 6.45) is -3.25. The second-order valence-electron chi connectivity index (χ2n) is 2.60. The number of alkyl halides is 3. The summed E-state index contributed by atoms with van der Waals surface area (Å²) >= 11 is 6.66. The van der Waals surface area contributed by atoms with Crippen molar-refractivity contribution in [1.29, 1.82) is 0 Å². The molecule has 0 aliphatic rings. The SMILES string of the molecule is FC(F)(F)c1ccn(-c2nc(Cl)cs2)n1. The maximum atomic E-state index is 12.2. The highest BCUT2D eigenvalue weighted by molar-refractivity contribution is 7.12. The van der Waals surface area contributed by atoms with Crippen molar-refractivity contribution < 1.29 is 13.2 Å². The van der Waals surface area contributed by atoms with Gasteiger partial charge in [0.05, 0.1) is 0 Å². The van der Waals surface area contributed by atoms with Gasteiger partial charge in [-0.25, -0.2) is 9.67 Å². The number of hydrogen-bond acceptors (Lipinski definition) is 3. The third-order valence-electron chi connectivity index (χ3n) is 1.54. The molecule has 0 aromatic carbocycles. The minimum atomic E-state index is -4.44. The molecule has 0 saturated carbocycles. The minimum Gasteiger partial charge on any atom is -0.213 e. The monoisotopic (exact) mass is 253 g/mol. The van der Waals surface area contributed by atoms with Gasteiger partial charge >= 0.3 is 6.18 Å². The van der Waals surface area contributed by atoms with Crippen LogP contribution < -0.4 is 0 Å². The normalized spacial score (nSPS) is 12.0. The Hall–Kier alpha value is -1.08. The van der Waals surface area contributed by atoms with Crippen LogP contribution in [-0.4, -0.2) is 14.8 Å². The molecule has 80 valence electrons. The summed E-state index contributed by atoms with van der Waals surface area (Å²) in [5.41, 5.74) is -0.950. The molecule has 2 aromatic heterocycles. The quantitative estimate of drug-likeness (QED) is 0.782. The molecule has 8 heteroatoms.